The monoisotopic (exact) mass is 338 g/mol. The van der Waals surface area contributed by atoms with Crippen LogP contribution in [0, 0.1) is 40.9 Å². The predicted molar refractivity (Wildman–Crippen MR) is 94.2 cm³/mol. The zero-order valence-corrected chi connectivity index (χ0v) is 15.5. The summed E-state index contributed by atoms with van der Waals surface area (Å²) in [7, 11) is 0. The lowest BCUT2D eigenvalue weighted by Crippen LogP contribution is -2.57. The molecule has 0 spiro atoms. The van der Waals surface area contributed by atoms with Crippen LogP contribution >= 0.6 is 0 Å². The maximum absolute atomic E-state index is 13.1. The van der Waals surface area contributed by atoms with E-state index < -0.39 is 11.5 Å². The molecule has 8 atom stereocenters. The normalized spacial score (nSPS) is 43.3. The third-order valence-electron chi connectivity index (χ3n) is 6.94. The van der Waals surface area contributed by atoms with Gasteiger partial charge in [-0.3, -0.25) is 4.79 Å². The van der Waals surface area contributed by atoms with Crippen molar-refractivity contribution in [2.24, 2.45) is 40.9 Å². The van der Waals surface area contributed by atoms with E-state index in [1.165, 1.54) is 0 Å². The van der Waals surface area contributed by atoms with Crippen LogP contribution in [0.15, 0.2) is 12.2 Å². The molecule has 0 heterocycles. The molecule has 4 nitrogen and oxygen atoms in total. The molecule has 1 fully saturated rings. The van der Waals surface area contributed by atoms with Crippen LogP contribution in [0.25, 0.3) is 0 Å². The zero-order valence-electron chi connectivity index (χ0n) is 15.5. The summed E-state index contributed by atoms with van der Waals surface area (Å²) in [5.41, 5.74) is -0.571. The maximum atomic E-state index is 13.1. The van der Waals surface area contributed by atoms with Crippen molar-refractivity contribution in [3.05, 3.63) is 12.2 Å². The molecule has 0 aromatic carbocycles. The van der Waals surface area contributed by atoms with Gasteiger partial charge in [0, 0.05) is 36.9 Å². The molecule has 0 saturated heterocycles. The Bertz CT molecular complexity index is 474. The predicted octanol–water partition coefficient (Wildman–Crippen LogP) is 2.42. The van der Waals surface area contributed by atoms with Gasteiger partial charge in [-0.15, -0.1) is 0 Å². The van der Waals surface area contributed by atoms with Gasteiger partial charge < -0.3 is 15.3 Å². The topological polar surface area (TPSA) is 77.8 Å². The molecular weight excluding hydrogens is 304 g/mol. The van der Waals surface area contributed by atoms with Gasteiger partial charge in [0.25, 0.3) is 0 Å². The SMILES string of the molecule is CC[C@@H](C)[C@H]1C=C[C@H]2[C@H](O)[C@@H](CO)C[C@@H](C)[C@@H]2[C@@]1(C)C(=O)CCO. The highest BCUT2D eigenvalue weighted by molar-refractivity contribution is 5.86. The number of allylic oxidation sites excluding steroid dienone is 1. The molecule has 0 amide bonds. The fourth-order valence-corrected chi connectivity index (χ4v) is 5.52. The number of hydrogen-bond acceptors (Lipinski definition) is 4. The highest BCUT2D eigenvalue weighted by Gasteiger charge is 2.57. The van der Waals surface area contributed by atoms with Crippen LogP contribution in [0.2, 0.25) is 0 Å². The van der Waals surface area contributed by atoms with E-state index in [1.807, 2.05) is 6.92 Å². The van der Waals surface area contributed by atoms with E-state index in [9.17, 15) is 20.1 Å². The molecule has 2 aliphatic rings. The minimum atomic E-state index is -0.605. The molecule has 0 aromatic heterocycles. The summed E-state index contributed by atoms with van der Waals surface area (Å²) < 4.78 is 0. The minimum Gasteiger partial charge on any atom is -0.396 e. The largest absolute Gasteiger partial charge is 0.396 e. The molecule has 1 saturated carbocycles. The summed E-state index contributed by atoms with van der Waals surface area (Å²) in [5.74, 6) is 0.689. The van der Waals surface area contributed by atoms with Crippen molar-refractivity contribution >= 4 is 5.78 Å². The van der Waals surface area contributed by atoms with Gasteiger partial charge in [0.15, 0.2) is 0 Å². The van der Waals surface area contributed by atoms with E-state index in [0.717, 1.165) is 12.8 Å². The van der Waals surface area contributed by atoms with Crippen LogP contribution in [0.5, 0.6) is 0 Å². The van der Waals surface area contributed by atoms with Crippen LogP contribution in [0.1, 0.15) is 47.0 Å². The van der Waals surface area contributed by atoms with Crippen molar-refractivity contribution < 1.29 is 20.1 Å². The number of Topliss-reactive ketones (excluding diaryl/α,β-unsaturated/α-hetero) is 1. The fraction of sp³-hybridized carbons (Fsp3) is 0.850. The van der Waals surface area contributed by atoms with Crippen molar-refractivity contribution in [3.63, 3.8) is 0 Å². The highest BCUT2D eigenvalue weighted by Crippen LogP contribution is 2.56. The highest BCUT2D eigenvalue weighted by atomic mass is 16.3. The quantitative estimate of drug-likeness (QED) is 0.650. The molecule has 0 aliphatic heterocycles. The molecule has 2 aliphatic carbocycles. The van der Waals surface area contributed by atoms with E-state index in [0.29, 0.717) is 5.92 Å². The Morgan fingerprint density at radius 2 is 2.00 bits per heavy atom. The van der Waals surface area contributed by atoms with E-state index >= 15 is 0 Å². The first-order chi connectivity index (χ1) is 11.3. The summed E-state index contributed by atoms with van der Waals surface area (Å²) in [4.78, 5) is 13.1. The average molecular weight is 338 g/mol. The van der Waals surface area contributed by atoms with Gasteiger partial charge in [-0.2, -0.15) is 0 Å². The van der Waals surface area contributed by atoms with Crippen molar-refractivity contribution in [2.75, 3.05) is 13.2 Å². The van der Waals surface area contributed by atoms with Crippen LogP contribution in [-0.2, 0) is 4.79 Å². The fourth-order valence-electron chi connectivity index (χ4n) is 5.52. The summed E-state index contributed by atoms with van der Waals surface area (Å²) >= 11 is 0. The molecule has 2 rings (SSSR count). The van der Waals surface area contributed by atoms with E-state index in [2.05, 4.69) is 32.9 Å². The molecule has 138 valence electrons. The maximum Gasteiger partial charge on any atom is 0.141 e. The van der Waals surface area contributed by atoms with Gasteiger partial charge in [0.1, 0.15) is 5.78 Å². The second kappa shape index (κ2) is 7.67. The second-order valence-electron chi connectivity index (χ2n) is 8.23. The summed E-state index contributed by atoms with van der Waals surface area (Å²) in [6.45, 7) is 8.37. The van der Waals surface area contributed by atoms with Gasteiger partial charge in [-0.1, -0.05) is 46.3 Å². The van der Waals surface area contributed by atoms with Crippen LogP contribution in [0.3, 0.4) is 0 Å². The van der Waals surface area contributed by atoms with Crippen molar-refractivity contribution in [1.29, 1.82) is 0 Å². The summed E-state index contributed by atoms with van der Waals surface area (Å²) in [6, 6.07) is 0. The van der Waals surface area contributed by atoms with Crippen molar-refractivity contribution in [2.45, 2.75) is 53.1 Å². The van der Waals surface area contributed by atoms with Gasteiger partial charge in [-0.05, 0) is 30.1 Å². The molecule has 0 bridgehead atoms. The number of aliphatic hydroxyl groups is 3. The standard InChI is InChI=1S/C20H34O4/c1-5-12(2)16-7-6-15-18(20(16,4)17(23)8-9-21)13(3)10-14(11-22)19(15)24/h6-7,12-16,18-19,21-22,24H,5,8-11H2,1-4H3/t12-,13-,14-,15-,16-,18+,19-,20-/m1/s1. The Kier molecular flexibility index (Phi) is 6.27. The molecule has 4 heteroatoms. The Morgan fingerprint density at radius 3 is 2.54 bits per heavy atom. The molecule has 0 aromatic rings. The van der Waals surface area contributed by atoms with Gasteiger partial charge in [0.2, 0.25) is 0 Å². The van der Waals surface area contributed by atoms with Crippen molar-refractivity contribution in [1.82, 2.24) is 0 Å². The number of hydrogen-bond donors (Lipinski definition) is 3. The number of fused-ring (bicyclic) bond motifs is 1. The van der Waals surface area contributed by atoms with Gasteiger partial charge in [-0.25, -0.2) is 0 Å². The first-order valence-electron chi connectivity index (χ1n) is 9.44. The summed E-state index contributed by atoms with van der Waals surface area (Å²) in [6.07, 6.45) is 5.52. The molecule has 0 radical (unpaired) electrons. The first kappa shape index (κ1) is 19.6. The molecular formula is C20H34O4. The Hall–Kier alpha value is -0.710. The number of aliphatic hydroxyl groups excluding tert-OH is 3. The van der Waals surface area contributed by atoms with E-state index in [4.69, 9.17) is 0 Å². The second-order valence-corrected chi connectivity index (χ2v) is 8.23. The van der Waals surface area contributed by atoms with Crippen molar-refractivity contribution in [3.8, 4) is 0 Å². The van der Waals surface area contributed by atoms with E-state index in [-0.39, 0.29) is 55.0 Å². The number of rotatable bonds is 6. The smallest absolute Gasteiger partial charge is 0.141 e. The van der Waals surface area contributed by atoms with Crippen LogP contribution in [-0.4, -0.2) is 40.4 Å². The van der Waals surface area contributed by atoms with Gasteiger partial charge in [0.05, 0.1) is 6.10 Å². The average Bonchev–Trinajstić information content (AvgIpc) is 2.57. The Balaban J connectivity index is 2.49. The van der Waals surface area contributed by atoms with E-state index in [1.54, 1.807) is 0 Å². The lowest BCUT2D eigenvalue weighted by molar-refractivity contribution is -0.150. The van der Waals surface area contributed by atoms with Crippen LogP contribution < -0.4 is 0 Å². The third-order valence-corrected chi connectivity index (χ3v) is 6.94. The van der Waals surface area contributed by atoms with Crippen LogP contribution in [0.4, 0.5) is 0 Å². The zero-order chi connectivity index (χ0) is 18.1. The Labute approximate surface area is 146 Å². The van der Waals surface area contributed by atoms with Gasteiger partial charge >= 0.3 is 0 Å². The molecule has 24 heavy (non-hydrogen) atoms. The lowest BCUT2D eigenvalue weighted by atomic mass is 9.48. The lowest BCUT2D eigenvalue weighted by Gasteiger charge is -2.56. The minimum absolute atomic E-state index is 0.0152. The Morgan fingerprint density at radius 1 is 1.33 bits per heavy atom. The number of carbonyl (C=O) groups is 1. The number of carbonyl (C=O) groups excluding carboxylic acids is 1. The molecule has 0 unspecified atom stereocenters. The number of ketones is 1. The molecule has 3 N–H and O–H groups in total. The first-order valence-corrected chi connectivity index (χ1v) is 9.44. The third kappa shape index (κ3) is 3.09. The summed E-state index contributed by atoms with van der Waals surface area (Å²) in [5, 5.41) is 29.7.